The summed E-state index contributed by atoms with van der Waals surface area (Å²) in [6, 6.07) is 7.89. The number of nitrogens with zero attached hydrogens (tertiary/aromatic N) is 6. The molecule has 1 amide bonds. The molecule has 2 fully saturated rings. The Morgan fingerprint density at radius 1 is 1.15 bits per heavy atom. The SMILES string of the molecule is O=C1CCCC2CN(c3cc(-c4cnc5ccc(Cl)nn45)ccn3)CCN12. The van der Waals surface area contributed by atoms with Crippen LogP contribution in [0.15, 0.2) is 36.7 Å². The summed E-state index contributed by atoms with van der Waals surface area (Å²) in [4.78, 5) is 25.4. The van der Waals surface area contributed by atoms with E-state index in [1.807, 2.05) is 23.2 Å². The minimum atomic E-state index is 0.293. The molecule has 0 radical (unpaired) electrons. The van der Waals surface area contributed by atoms with Crippen LogP contribution in [0.25, 0.3) is 16.9 Å². The largest absolute Gasteiger partial charge is 0.353 e. The Morgan fingerprint density at radius 2 is 2.07 bits per heavy atom. The highest BCUT2D eigenvalue weighted by Crippen LogP contribution is 2.28. The summed E-state index contributed by atoms with van der Waals surface area (Å²) in [5.74, 6) is 1.21. The lowest BCUT2D eigenvalue weighted by Crippen LogP contribution is -2.57. The molecule has 0 bridgehead atoms. The van der Waals surface area contributed by atoms with Gasteiger partial charge in [-0.05, 0) is 37.1 Å². The van der Waals surface area contributed by atoms with Crippen molar-refractivity contribution in [1.29, 1.82) is 0 Å². The molecule has 3 aromatic rings. The second-order valence-electron chi connectivity index (χ2n) is 7.05. The van der Waals surface area contributed by atoms with Gasteiger partial charge in [-0.1, -0.05) is 11.6 Å². The lowest BCUT2D eigenvalue weighted by atomic mass is 9.99. The van der Waals surface area contributed by atoms with Gasteiger partial charge < -0.3 is 9.80 Å². The van der Waals surface area contributed by atoms with Crippen LogP contribution in [-0.2, 0) is 4.79 Å². The van der Waals surface area contributed by atoms with Crippen molar-refractivity contribution in [2.75, 3.05) is 24.5 Å². The summed E-state index contributed by atoms with van der Waals surface area (Å²) in [7, 11) is 0. The Labute approximate surface area is 161 Å². The second-order valence-corrected chi connectivity index (χ2v) is 7.44. The summed E-state index contributed by atoms with van der Waals surface area (Å²) >= 11 is 6.05. The van der Waals surface area contributed by atoms with Gasteiger partial charge in [0.2, 0.25) is 5.91 Å². The molecule has 0 aliphatic carbocycles. The summed E-state index contributed by atoms with van der Waals surface area (Å²) in [6.45, 7) is 2.40. The Kier molecular flexibility index (Phi) is 3.97. The van der Waals surface area contributed by atoms with Crippen molar-refractivity contribution < 1.29 is 4.79 Å². The van der Waals surface area contributed by atoms with Gasteiger partial charge in [0.25, 0.3) is 0 Å². The molecule has 7 nitrogen and oxygen atoms in total. The first-order valence-electron chi connectivity index (χ1n) is 9.20. The normalized spacial score (nSPS) is 20.2. The van der Waals surface area contributed by atoms with E-state index in [4.69, 9.17) is 11.6 Å². The summed E-state index contributed by atoms with van der Waals surface area (Å²) in [5, 5.41) is 4.78. The zero-order valence-electron chi connectivity index (χ0n) is 14.8. The van der Waals surface area contributed by atoms with E-state index in [1.54, 1.807) is 16.8 Å². The molecule has 0 saturated carbocycles. The van der Waals surface area contributed by atoms with Gasteiger partial charge in [-0.2, -0.15) is 5.10 Å². The molecule has 2 saturated heterocycles. The van der Waals surface area contributed by atoms with E-state index < -0.39 is 0 Å². The highest BCUT2D eigenvalue weighted by atomic mass is 35.5. The van der Waals surface area contributed by atoms with Crippen molar-refractivity contribution in [3.63, 3.8) is 0 Å². The Bertz CT molecular complexity index is 1020. The number of hydrogen-bond donors (Lipinski definition) is 0. The molecule has 2 aliphatic heterocycles. The molecule has 8 heteroatoms. The van der Waals surface area contributed by atoms with Gasteiger partial charge in [0.1, 0.15) is 11.0 Å². The number of fused-ring (bicyclic) bond motifs is 2. The van der Waals surface area contributed by atoms with Crippen LogP contribution in [0.1, 0.15) is 19.3 Å². The summed E-state index contributed by atoms with van der Waals surface area (Å²) in [5.41, 5.74) is 2.62. The highest BCUT2D eigenvalue weighted by molar-refractivity contribution is 6.29. The molecule has 0 spiro atoms. The number of hydrogen-bond acceptors (Lipinski definition) is 5. The molecular weight excluding hydrogens is 364 g/mol. The molecule has 3 aromatic heterocycles. The first-order chi connectivity index (χ1) is 13.2. The zero-order valence-corrected chi connectivity index (χ0v) is 15.5. The lowest BCUT2D eigenvalue weighted by Gasteiger charge is -2.44. The van der Waals surface area contributed by atoms with Gasteiger partial charge in [-0.15, -0.1) is 0 Å². The smallest absolute Gasteiger partial charge is 0.222 e. The van der Waals surface area contributed by atoms with E-state index in [0.29, 0.717) is 23.5 Å². The number of piperidine rings is 1. The van der Waals surface area contributed by atoms with Crippen LogP contribution in [0.2, 0.25) is 5.15 Å². The molecule has 27 heavy (non-hydrogen) atoms. The van der Waals surface area contributed by atoms with Crippen molar-refractivity contribution in [3.8, 4) is 11.3 Å². The van der Waals surface area contributed by atoms with E-state index in [2.05, 4.69) is 26.0 Å². The predicted octanol–water partition coefficient (Wildman–Crippen LogP) is 2.65. The predicted molar refractivity (Wildman–Crippen MR) is 103 cm³/mol. The Morgan fingerprint density at radius 3 is 3.00 bits per heavy atom. The summed E-state index contributed by atoms with van der Waals surface area (Å²) < 4.78 is 1.75. The average Bonchev–Trinajstić information content (AvgIpc) is 3.11. The minimum absolute atomic E-state index is 0.293. The van der Waals surface area contributed by atoms with Crippen molar-refractivity contribution in [2.24, 2.45) is 0 Å². The molecule has 1 unspecified atom stereocenters. The van der Waals surface area contributed by atoms with Crippen molar-refractivity contribution >= 4 is 29.0 Å². The molecule has 5 heterocycles. The van der Waals surface area contributed by atoms with Crippen LogP contribution in [0, 0.1) is 0 Å². The number of halogens is 1. The molecular formula is C19H19ClN6O. The average molecular weight is 383 g/mol. The summed E-state index contributed by atoms with van der Waals surface area (Å²) in [6.07, 6.45) is 6.35. The fourth-order valence-electron chi connectivity index (χ4n) is 4.07. The number of carbonyl (C=O) groups excluding carboxylic acids is 1. The van der Waals surface area contributed by atoms with E-state index in [-0.39, 0.29) is 0 Å². The van der Waals surface area contributed by atoms with Crippen LogP contribution in [0.4, 0.5) is 5.82 Å². The quantitative estimate of drug-likeness (QED) is 0.681. The van der Waals surface area contributed by atoms with E-state index >= 15 is 0 Å². The monoisotopic (exact) mass is 382 g/mol. The maximum atomic E-state index is 12.1. The third kappa shape index (κ3) is 2.92. The number of pyridine rings is 1. The van der Waals surface area contributed by atoms with E-state index in [0.717, 1.165) is 55.2 Å². The van der Waals surface area contributed by atoms with Gasteiger partial charge in [-0.25, -0.2) is 14.5 Å². The molecule has 1 atom stereocenters. The van der Waals surface area contributed by atoms with Gasteiger partial charge >= 0.3 is 0 Å². The van der Waals surface area contributed by atoms with Gasteiger partial charge in [0.15, 0.2) is 5.65 Å². The molecule has 0 N–H and O–H groups in total. The van der Waals surface area contributed by atoms with Crippen LogP contribution >= 0.6 is 11.6 Å². The van der Waals surface area contributed by atoms with Crippen LogP contribution in [-0.4, -0.2) is 56.1 Å². The Balaban J connectivity index is 1.45. The van der Waals surface area contributed by atoms with Crippen LogP contribution in [0.3, 0.4) is 0 Å². The van der Waals surface area contributed by atoms with E-state index in [1.165, 1.54) is 0 Å². The fourth-order valence-corrected chi connectivity index (χ4v) is 4.21. The number of aromatic nitrogens is 4. The lowest BCUT2D eigenvalue weighted by molar-refractivity contribution is -0.136. The van der Waals surface area contributed by atoms with Crippen molar-refractivity contribution in [2.45, 2.75) is 25.3 Å². The highest BCUT2D eigenvalue weighted by Gasteiger charge is 2.33. The second kappa shape index (κ2) is 6.49. The molecule has 5 rings (SSSR count). The van der Waals surface area contributed by atoms with Crippen LogP contribution < -0.4 is 4.90 Å². The minimum Gasteiger partial charge on any atom is -0.353 e. The fraction of sp³-hybridized carbons (Fsp3) is 0.368. The topological polar surface area (TPSA) is 66.6 Å². The molecule has 2 aliphatic rings. The first-order valence-corrected chi connectivity index (χ1v) is 9.58. The number of carbonyl (C=O) groups is 1. The number of amides is 1. The van der Waals surface area contributed by atoms with Crippen molar-refractivity contribution in [3.05, 3.63) is 41.8 Å². The maximum Gasteiger partial charge on any atom is 0.222 e. The third-order valence-corrected chi connectivity index (χ3v) is 5.63. The standard InChI is InChI=1S/C19H19ClN6O/c20-16-4-5-17-22-11-15(26(17)23-16)13-6-7-21-18(10-13)24-8-9-25-14(12-24)2-1-3-19(25)27/h4-7,10-11,14H,1-3,8-9,12H2. The third-order valence-electron chi connectivity index (χ3n) is 5.43. The number of piperazine rings is 1. The zero-order chi connectivity index (χ0) is 18.4. The van der Waals surface area contributed by atoms with Crippen LogP contribution in [0.5, 0.6) is 0 Å². The first kappa shape index (κ1) is 16.5. The van der Waals surface area contributed by atoms with Gasteiger partial charge in [0.05, 0.1) is 11.9 Å². The maximum absolute atomic E-state index is 12.1. The molecule has 0 aromatic carbocycles. The molecule has 138 valence electrons. The number of rotatable bonds is 2. The number of imidazole rings is 1. The van der Waals surface area contributed by atoms with Crippen molar-refractivity contribution in [1.82, 2.24) is 24.5 Å². The Hall–Kier alpha value is -2.67. The number of anilines is 1. The van der Waals surface area contributed by atoms with E-state index in [9.17, 15) is 4.79 Å². The van der Waals surface area contributed by atoms with Gasteiger partial charge in [0, 0.05) is 43.9 Å². The van der Waals surface area contributed by atoms with Gasteiger partial charge in [-0.3, -0.25) is 4.79 Å².